The molecule has 12 heavy (non-hydrogen) atoms. The van der Waals surface area contributed by atoms with Gasteiger partial charge in [-0.25, -0.2) is 0 Å². The van der Waals surface area contributed by atoms with E-state index in [1.807, 2.05) is 13.8 Å². The van der Waals surface area contributed by atoms with Gasteiger partial charge in [-0.3, -0.25) is 0 Å². The van der Waals surface area contributed by atoms with E-state index in [0.29, 0.717) is 13.2 Å². The van der Waals surface area contributed by atoms with Gasteiger partial charge in [-0.2, -0.15) is 0 Å². The third-order valence-corrected chi connectivity index (χ3v) is 1.33. The van der Waals surface area contributed by atoms with E-state index in [1.54, 1.807) is 12.1 Å². The Morgan fingerprint density at radius 3 is 1.75 bits per heavy atom. The molecule has 1 aromatic carbocycles. The molecule has 0 aliphatic carbocycles. The first-order valence-electron chi connectivity index (χ1n) is 4.05. The molecule has 0 N–H and O–H groups in total. The third-order valence-electron chi connectivity index (χ3n) is 1.33. The smallest absolute Gasteiger partial charge is 0.161 e. The minimum Gasteiger partial charge on any atom is -0.490 e. The van der Waals surface area contributed by atoms with E-state index in [2.05, 4.69) is 12.1 Å². The highest BCUT2D eigenvalue weighted by Crippen LogP contribution is 2.25. The summed E-state index contributed by atoms with van der Waals surface area (Å²) in [6, 6.07) is 9.09. The molecule has 0 amide bonds. The molecule has 0 unspecified atom stereocenters. The second-order valence-electron chi connectivity index (χ2n) is 2.17. The lowest BCUT2D eigenvalue weighted by Crippen LogP contribution is -1.97. The summed E-state index contributed by atoms with van der Waals surface area (Å²) in [4.78, 5) is 0. The van der Waals surface area contributed by atoms with Gasteiger partial charge in [0.05, 0.1) is 13.2 Å². The molecule has 0 heterocycles. The Bertz CT molecular complexity index is 208. The lowest BCUT2D eigenvalue weighted by atomic mass is 10.3. The van der Waals surface area contributed by atoms with Crippen LogP contribution in [-0.2, 0) is 0 Å². The quantitative estimate of drug-likeness (QED) is 0.678. The standard InChI is InChI=1S/C10H12O2/c1-3-11-9-7-5-6-8-10(9)12-4-2/h7-8H,3-4H2,1-2H3. The summed E-state index contributed by atoms with van der Waals surface area (Å²) in [6.45, 7) is 5.15. The van der Waals surface area contributed by atoms with Gasteiger partial charge in [-0.1, -0.05) is 0 Å². The molecule has 2 radical (unpaired) electrons. The Hall–Kier alpha value is -1.18. The molecule has 0 atom stereocenters. The molecule has 0 saturated heterocycles. The average Bonchev–Trinajstić information content (AvgIpc) is 2.09. The second kappa shape index (κ2) is 4.65. The molecule has 0 fully saturated rings. The van der Waals surface area contributed by atoms with Crippen molar-refractivity contribution in [1.82, 2.24) is 0 Å². The van der Waals surface area contributed by atoms with Crippen molar-refractivity contribution in [2.45, 2.75) is 13.8 Å². The van der Waals surface area contributed by atoms with E-state index in [9.17, 15) is 0 Å². The highest BCUT2D eigenvalue weighted by atomic mass is 16.5. The van der Waals surface area contributed by atoms with Gasteiger partial charge < -0.3 is 9.47 Å². The molecule has 0 bridgehead atoms. The molecule has 0 aliphatic rings. The fourth-order valence-electron chi connectivity index (χ4n) is 0.893. The van der Waals surface area contributed by atoms with Crippen LogP contribution in [0.5, 0.6) is 11.5 Å². The van der Waals surface area contributed by atoms with Gasteiger partial charge >= 0.3 is 0 Å². The van der Waals surface area contributed by atoms with Gasteiger partial charge in [-0.15, -0.1) is 0 Å². The molecule has 0 aromatic heterocycles. The van der Waals surface area contributed by atoms with Crippen LogP contribution in [0.25, 0.3) is 0 Å². The van der Waals surface area contributed by atoms with Crippen molar-refractivity contribution in [1.29, 1.82) is 0 Å². The summed E-state index contributed by atoms with van der Waals surface area (Å²) in [5, 5.41) is 0. The van der Waals surface area contributed by atoms with Crippen LogP contribution < -0.4 is 9.47 Å². The van der Waals surface area contributed by atoms with E-state index < -0.39 is 0 Å². The first kappa shape index (κ1) is 8.91. The summed E-state index contributed by atoms with van der Waals surface area (Å²) in [5.74, 6) is 1.47. The van der Waals surface area contributed by atoms with Crippen LogP contribution in [0.4, 0.5) is 0 Å². The third kappa shape index (κ3) is 2.16. The zero-order valence-corrected chi connectivity index (χ0v) is 7.39. The van der Waals surface area contributed by atoms with Crippen molar-refractivity contribution in [2.24, 2.45) is 0 Å². The summed E-state index contributed by atoms with van der Waals surface area (Å²) in [6.07, 6.45) is 0. The highest BCUT2D eigenvalue weighted by Gasteiger charge is 2.01. The first-order chi connectivity index (χ1) is 5.88. The SMILES string of the molecule is CCOc1c[c][c]cc1OCC. The molecule has 0 saturated carbocycles. The van der Waals surface area contributed by atoms with E-state index in [0.717, 1.165) is 11.5 Å². The maximum Gasteiger partial charge on any atom is 0.161 e. The molecule has 64 valence electrons. The monoisotopic (exact) mass is 164 g/mol. The molecule has 0 spiro atoms. The summed E-state index contributed by atoms with van der Waals surface area (Å²) >= 11 is 0. The molecular formula is C10H12O2. The molecular weight excluding hydrogens is 152 g/mol. The Morgan fingerprint density at radius 1 is 1.00 bits per heavy atom. The maximum atomic E-state index is 5.31. The normalized spacial score (nSPS) is 9.50. The van der Waals surface area contributed by atoms with Gasteiger partial charge in [0.25, 0.3) is 0 Å². The van der Waals surface area contributed by atoms with E-state index in [4.69, 9.17) is 9.47 Å². The van der Waals surface area contributed by atoms with Crippen molar-refractivity contribution in [3.8, 4) is 11.5 Å². The second-order valence-corrected chi connectivity index (χ2v) is 2.17. The van der Waals surface area contributed by atoms with Crippen LogP contribution in [0, 0.1) is 12.1 Å². The molecule has 1 aromatic rings. The Kier molecular flexibility index (Phi) is 3.45. The van der Waals surface area contributed by atoms with E-state index in [1.165, 1.54) is 0 Å². The number of hydrogen-bond acceptors (Lipinski definition) is 2. The first-order valence-corrected chi connectivity index (χ1v) is 4.05. The van der Waals surface area contributed by atoms with Crippen LogP contribution in [0.2, 0.25) is 0 Å². The van der Waals surface area contributed by atoms with Gasteiger partial charge in [0.1, 0.15) is 0 Å². The molecule has 2 heteroatoms. The van der Waals surface area contributed by atoms with Gasteiger partial charge in [0.15, 0.2) is 11.5 Å². The Labute approximate surface area is 73.1 Å². The van der Waals surface area contributed by atoms with Crippen molar-refractivity contribution in [3.05, 3.63) is 24.3 Å². The summed E-state index contributed by atoms with van der Waals surface area (Å²) in [7, 11) is 0. The van der Waals surface area contributed by atoms with Crippen LogP contribution in [0.1, 0.15) is 13.8 Å². The maximum absolute atomic E-state index is 5.31. The minimum absolute atomic E-state index is 0.637. The van der Waals surface area contributed by atoms with Gasteiger partial charge in [-0.05, 0) is 38.1 Å². The van der Waals surface area contributed by atoms with Crippen molar-refractivity contribution in [3.63, 3.8) is 0 Å². The van der Waals surface area contributed by atoms with E-state index in [-0.39, 0.29) is 0 Å². The molecule has 2 nitrogen and oxygen atoms in total. The van der Waals surface area contributed by atoms with Gasteiger partial charge in [0, 0.05) is 0 Å². The summed E-state index contributed by atoms with van der Waals surface area (Å²) < 4.78 is 10.6. The average molecular weight is 164 g/mol. The fourth-order valence-corrected chi connectivity index (χ4v) is 0.893. The number of benzene rings is 1. The predicted molar refractivity (Wildman–Crippen MR) is 46.5 cm³/mol. The fraction of sp³-hybridized carbons (Fsp3) is 0.400. The van der Waals surface area contributed by atoms with Crippen LogP contribution in [-0.4, -0.2) is 13.2 Å². The minimum atomic E-state index is 0.637. The van der Waals surface area contributed by atoms with Crippen LogP contribution >= 0.6 is 0 Å². The zero-order valence-electron chi connectivity index (χ0n) is 7.39. The van der Waals surface area contributed by atoms with Crippen LogP contribution in [0.15, 0.2) is 12.1 Å². The number of ether oxygens (including phenoxy) is 2. The molecule has 1 rings (SSSR count). The number of hydrogen-bond donors (Lipinski definition) is 0. The highest BCUT2D eigenvalue weighted by molar-refractivity contribution is 5.38. The predicted octanol–water partition coefficient (Wildman–Crippen LogP) is 2.08. The lowest BCUT2D eigenvalue weighted by molar-refractivity contribution is 0.287. The molecule has 0 aliphatic heterocycles. The number of rotatable bonds is 4. The topological polar surface area (TPSA) is 18.5 Å². The zero-order chi connectivity index (χ0) is 8.81. The van der Waals surface area contributed by atoms with Crippen molar-refractivity contribution >= 4 is 0 Å². The van der Waals surface area contributed by atoms with Gasteiger partial charge in [0.2, 0.25) is 0 Å². The van der Waals surface area contributed by atoms with Crippen LogP contribution in [0.3, 0.4) is 0 Å². The van der Waals surface area contributed by atoms with E-state index >= 15 is 0 Å². The Morgan fingerprint density at radius 2 is 1.42 bits per heavy atom. The Balaban J connectivity index is 2.77. The largest absolute Gasteiger partial charge is 0.490 e. The summed E-state index contributed by atoms with van der Waals surface area (Å²) in [5.41, 5.74) is 0. The van der Waals surface area contributed by atoms with Crippen molar-refractivity contribution < 1.29 is 9.47 Å². The lowest BCUT2D eigenvalue weighted by Gasteiger charge is -2.08. The van der Waals surface area contributed by atoms with Crippen molar-refractivity contribution in [2.75, 3.05) is 13.2 Å².